The zero-order chi connectivity index (χ0) is 11.9. The van der Waals surface area contributed by atoms with Crippen molar-refractivity contribution >= 4 is 11.9 Å². The summed E-state index contributed by atoms with van der Waals surface area (Å²) < 4.78 is 0. The number of carboxylic acid groups (broad SMARTS) is 2. The molecule has 0 aromatic heterocycles. The molecule has 0 saturated carbocycles. The number of carbonyl (C=O) groups is 2. The van der Waals surface area contributed by atoms with Crippen LogP contribution in [0.2, 0.25) is 0 Å². The van der Waals surface area contributed by atoms with Crippen LogP contribution >= 0.6 is 0 Å². The summed E-state index contributed by atoms with van der Waals surface area (Å²) in [6, 6.07) is 0. The van der Waals surface area contributed by atoms with Crippen molar-refractivity contribution in [1.29, 1.82) is 0 Å². The van der Waals surface area contributed by atoms with Crippen LogP contribution in [-0.2, 0) is 31.3 Å². The molecule has 0 bridgehead atoms. The van der Waals surface area contributed by atoms with E-state index in [1.807, 2.05) is 0 Å². The average Bonchev–Trinajstić information content (AvgIpc) is 2.00. The van der Waals surface area contributed by atoms with Crippen molar-refractivity contribution in [3.05, 3.63) is 0 Å². The summed E-state index contributed by atoms with van der Waals surface area (Å²) in [6.45, 7) is 3.22. The van der Waals surface area contributed by atoms with Crippen LogP contribution in [0.15, 0.2) is 0 Å². The maximum Gasteiger partial charge on any atom is 3.00 e. The first kappa shape index (κ1) is 20.0. The van der Waals surface area contributed by atoms with Gasteiger partial charge in [-0.15, -0.1) is 6.10 Å². The average molecular weight is 255 g/mol. The third-order valence-electron chi connectivity index (χ3n) is 0.782. The molecule has 8 heteroatoms. The topological polar surface area (TPSA) is 144 Å². The van der Waals surface area contributed by atoms with Crippen molar-refractivity contribution in [2.24, 2.45) is 0 Å². The summed E-state index contributed by atoms with van der Waals surface area (Å²) in [5, 5.41) is 45.3. The Labute approximate surface area is 101 Å². The first-order chi connectivity index (χ1) is 6.20. The Morgan fingerprint density at radius 3 is 1.20 bits per heavy atom. The third-order valence-corrected chi connectivity index (χ3v) is 0.782. The summed E-state index contributed by atoms with van der Waals surface area (Å²) in [6.07, 6.45) is -5.30. The smallest absolute Gasteiger partial charge is 0.852 e. The molecule has 0 aromatic rings. The number of rotatable bonds is 3. The van der Waals surface area contributed by atoms with Crippen LogP contribution in [-0.4, -0.2) is 40.5 Å². The molecule has 2 N–H and O–H groups in total. The van der Waals surface area contributed by atoms with Gasteiger partial charge >= 0.3 is 21.7 Å². The van der Waals surface area contributed by atoms with Gasteiger partial charge in [0.2, 0.25) is 0 Å². The van der Waals surface area contributed by atoms with Gasteiger partial charge in [-0.2, -0.15) is 0 Å². The van der Waals surface area contributed by atoms with Crippen LogP contribution < -0.4 is 15.3 Å². The van der Waals surface area contributed by atoms with Crippen LogP contribution in [0.3, 0.4) is 0 Å². The Morgan fingerprint density at radius 1 is 1.00 bits per heavy atom. The summed E-state index contributed by atoms with van der Waals surface area (Å²) >= 11 is 0. The molecule has 0 saturated heterocycles. The Kier molecular flexibility index (Phi) is 13.4. The van der Waals surface area contributed by atoms with Crippen LogP contribution in [0.25, 0.3) is 0 Å². The maximum absolute atomic E-state index is 9.63. The number of aliphatic hydroxyl groups excluding tert-OH is 2. The molecule has 0 heterocycles. The molecular formula is C7H11O7Ti. The Balaban J connectivity index is -0.000000249. The molecule has 0 rings (SSSR count). The van der Waals surface area contributed by atoms with Gasteiger partial charge in [0.1, 0.15) is 12.2 Å². The van der Waals surface area contributed by atoms with E-state index in [9.17, 15) is 24.9 Å². The van der Waals surface area contributed by atoms with E-state index in [4.69, 9.17) is 10.2 Å². The van der Waals surface area contributed by atoms with Gasteiger partial charge in [-0.05, 0) is 0 Å². The number of carboxylic acids is 2. The number of hydrogen-bond acceptors (Lipinski definition) is 7. The van der Waals surface area contributed by atoms with E-state index in [0.29, 0.717) is 0 Å². The van der Waals surface area contributed by atoms with Crippen LogP contribution in [0.4, 0.5) is 0 Å². The number of aliphatic carboxylic acids is 2. The Hall–Kier alpha value is -0.466. The molecule has 0 aromatic carbocycles. The summed E-state index contributed by atoms with van der Waals surface area (Å²) in [5.74, 6) is -4.12. The second-order valence-electron chi connectivity index (χ2n) is 2.58. The molecule has 0 aliphatic carbocycles. The molecular weight excluding hydrogens is 244 g/mol. The van der Waals surface area contributed by atoms with Gasteiger partial charge in [-0.25, -0.2) is 0 Å². The standard InChI is InChI=1S/C4H6O6.C3H7O.Ti/c5-1(3(7)8)2(6)4(9)10;1-3(2)4;/h1-2,5-6H,(H,7,8)(H,9,10);3H,1-2H3;/q;-1;+3/p-2. The van der Waals surface area contributed by atoms with Crippen molar-refractivity contribution in [2.45, 2.75) is 32.2 Å². The SMILES string of the molecule is CC(C)[O-].O=C([O-])C(O)C(O)C(=O)[O-].[Ti+3]. The van der Waals surface area contributed by atoms with E-state index >= 15 is 0 Å². The summed E-state index contributed by atoms with van der Waals surface area (Å²) in [4.78, 5) is 19.3. The van der Waals surface area contributed by atoms with E-state index in [0.717, 1.165) is 0 Å². The Morgan fingerprint density at radius 2 is 1.13 bits per heavy atom. The summed E-state index contributed by atoms with van der Waals surface area (Å²) in [5.41, 5.74) is 0. The van der Waals surface area contributed by atoms with E-state index < -0.39 is 30.3 Å². The van der Waals surface area contributed by atoms with Gasteiger partial charge in [-0.3, -0.25) is 0 Å². The number of hydrogen-bond donors (Lipinski definition) is 2. The summed E-state index contributed by atoms with van der Waals surface area (Å²) in [7, 11) is 0. The molecule has 1 radical (unpaired) electrons. The van der Waals surface area contributed by atoms with Gasteiger partial charge in [0.05, 0.1) is 11.9 Å². The van der Waals surface area contributed by atoms with E-state index in [1.165, 1.54) is 0 Å². The van der Waals surface area contributed by atoms with Gasteiger partial charge in [0.15, 0.2) is 0 Å². The third kappa shape index (κ3) is 13.5. The number of aliphatic hydroxyl groups is 2. The molecule has 0 fully saturated rings. The largest absolute Gasteiger partial charge is 3.00 e. The molecule has 0 aliphatic rings. The molecule has 0 spiro atoms. The van der Waals surface area contributed by atoms with Crippen molar-refractivity contribution in [1.82, 2.24) is 0 Å². The van der Waals surface area contributed by atoms with Crippen molar-refractivity contribution in [2.75, 3.05) is 0 Å². The van der Waals surface area contributed by atoms with Crippen molar-refractivity contribution in [3.63, 3.8) is 0 Å². The molecule has 0 aliphatic heterocycles. The fraction of sp³-hybridized carbons (Fsp3) is 0.714. The van der Waals surface area contributed by atoms with Crippen LogP contribution in [0, 0.1) is 0 Å². The molecule has 2 atom stereocenters. The van der Waals surface area contributed by atoms with Crippen LogP contribution in [0.5, 0.6) is 0 Å². The zero-order valence-corrected chi connectivity index (χ0v) is 9.73. The van der Waals surface area contributed by atoms with E-state index in [1.54, 1.807) is 13.8 Å². The van der Waals surface area contributed by atoms with Gasteiger partial charge in [0, 0.05) is 0 Å². The van der Waals surface area contributed by atoms with E-state index in [-0.39, 0.29) is 21.7 Å². The minimum atomic E-state index is -2.44. The van der Waals surface area contributed by atoms with Crippen molar-refractivity contribution in [3.8, 4) is 0 Å². The normalized spacial score (nSPS) is 12.9. The molecule has 0 amide bonds. The minimum Gasteiger partial charge on any atom is -0.852 e. The van der Waals surface area contributed by atoms with Crippen molar-refractivity contribution < 1.29 is 56.8 Å². The quantitative estimate of drug-likeness (QED) is 0.480. The van der Waals surface area contributed by atoms with Gasteiger partial charge in [-0.1, -0.05) is 13.8 Å². The fourth-order valence-corrected chi connectivity index (χ4v) is 0.258. The first-order valence-electron chi connectivity index (χ1n) is 3.63. The fourth-order valence-electron chi connectivity index (χ4n) is 0.258. The second kappa shape index (κ2) is 10.1. The maximum atomic E-state index is 9.63. The molecule has 85 valence electrons. The predicted molar refractivity (Wildman–Crippen MR) is 37.2 cm³/mol. The zero-order valence-electron chi connectivity index (χ0n) is 8.17. The predicted octanol–water partition coefficient (Wildman–Crippen LogP) is -5.04. The van der Waals surface area contributed by atoms with Crippen LogP contribution in [0.1, 0.15) is 13.8 Å². The molecule has 2 unspecified atom stereocenters. The van der Waals surface area contributed by atoms with Gasteiger partial charge < -0.3 is 35.1 Å². The van der Waals surface area contributed by atoms with E-state index in [2.05, 4.69) is 0 Å². The second-order valence-corrected chi connectivity index (χ2v) is 2.58. The minimum absolute atomic E-state index is 0. The van der Waals surface area contributed by atoms with Gasteiger partial charge in [0.25, 0.3) is 0 Å². The number of carbonyl (C=O) groups excluding carboxylic acids is 2. The monoisotopic (exact) mass is 255 g/mol. The molecule has 7 nitrogen and oxygen atoms in total. The Bertz CT molecular complexity index is 173. The first-order valence-corrected chi connectivity index (χ1v) is 3.63. The molecule has 15 heavy (non-hydrogen) atoms.